The lowest BCUT2D eigenvalue weighted by atomic mass is 9.99. The molecule has 0 bridgehead atoms. The highest BCUT2D eigenvalue weighted by Gasteiger charge is 2.31. The summed E-state index contributed by atoms with van der Waals surface area (Å²) < 4.78 is 42.1. The van der Waals surface area contributed by atoms with Crippen molar-refractivity contribution in [1.29, 1.82) is 0 Å². The second-order valence-electron chi connectivity index (χ2n) is 12.2. The number of rotatable bonds is 9. The molecule has 0 aliphatic rings. The topological polar surface area (TPSA) is 164 Å². The zero-order valence-corrected chi connectivity index (χ0v) is 29.3. The van der Waals surface area contributed by atoms with Gasteiger partial charge in [-0.25, -0.2) is 9.59 Å². The van der Waals surface area contributed by atoms with Crippen molar-refractivity contribution in [1.82, 2.24) is 19.5 Å². The van der Waals surface area contributed by atoms with Crippen molar-refractivity contribution in [3.8, 4) is 5.75 Å². The number of halogens is 3. The van der Waals surface area contributed by atoms with Gasteiger partial charge in [-0.3, -0.25) is 33.7 Å². The number of carbonyl (C=O) groups excluding carboxylic acids is 2. The summed E-state index contributed by atoms with van der Waals surface area (Å²) in [6, 6.07) is 15.6. The second kappa shape index (κ2) is 15.9. The molecule has 52 heavy (non-hydrogen) atoms. The summed E-state index contributed by atoms with van der Waals surface area (Å²) in [5.41, 5.74) is 2.77. The number of aromatic nitrogens is 4. The molecule has 0 aliphatic carbocycles. The Morgan fingerprint density at radius 3 is 1.63 bits per heavy atom. The summed E-state index contributed by atoms with van der Waals surface area (Å²) in [4.78, 5) is 80.9. The molecular formula is C38H37F3N4O7. The molecule has 5 rings (SSSR count). The van der Waals surface area contributed by atoms with E-state index < -0.39 is 40.4 Å². The van der Waals surface area contributed by atoms with E-state index in [0.29, 0.717) is 28.7 Å². The summed E-state index contributed by atoms with van der Waals surface area (Å²) >= 11 is 0. The lowest BCUT2D eigenvalue weighted by Crippen LogP contribution is -2.37. The molecule has 0 amide bonds. The number of benzene rings is 3. The number of carbonyl (C=O) groups is 2. The molecule has 272 valence electrons. The molecule has 0 aliphatic heterocycles. The van der Waals surface area contributed by atoms with Gasteiger partial charge in [-0.05, 0) is 82.5 Å². The first kappa shape index (κ1) is 38.7. The van der Waals surface area contributed by atoms with Gasteiger partial charge in [0.1, 0.15) is 11.4 Å². The van der Waals surface area contributed by atoms with Crippen LogP contribution in [-0.4, -0.2) is 37.4 Å². The Labute approximate surface area is 295 Å². The first-order valence-corrected chi connectivity index (χ1v) is 16.2. The van der Waals surface area contributed by atoms with Crippen LogP contribution in [0.4, 0.5) is 13.2 Å². The molecule has 5 aromatic rings. The number of H-pyrrole nitrogens is 3. The van der Waals surface area contributed by atoms with Gasteiger partial charge >= 0.3 is 17.7 Å². The average Bonchev–Trinajstić information content (AvgIpc) is 3.04. The maximum Gasteiger partial charge on any atom is 0.573 e. The van der Waals surface area contributed by atoms with Crippen LogP contribution in [0.2, 0.25) is 0 Å². The predicted octanol–water partition coefficient (Wildman–Crippen LogP) is 5.37. The number of hydrogen-bond acceptors (Lipinski definition) is 7. The number of nitrogens with zero attached hydrogens (tertiary/aromatic N) is 1. The molecule has 14 heteroatoms. The molecule has 0 saturated carbocycles. The van der Waals surface area contributed by atoms with E-state index in [9.17, 15) is 41.9 Å². The van der Waals surface area contributed by atoms with Gasteiger partial charge in [0.2, 0.25) is 11.6 Å². The number of aromatic amines is 3. The fourth-order valence-corrected chi connectivity index (χ4v) is 5.87. The molecule has 0 unspecified atom stereocenters. The van der Waals surface area contributed by atoms with E-state index >= 15 is 0 Å². The monoisotopic (exact) mass is 718 g/mol. The number of ether oxygens (including phenoxy) is 1. The molecule has 0 fully saturated rings. The molecule has 2 heterocycles. The predicted molar refractivity (Wildman–Crippen MR) is 189 cm³/mol. The van der Waals surface area contributed by atoms with Gasteiger partial charge in [0.05, 0.1) is 12.2 Å². The highest BCUT2D eigenvalue weighted by atomic mass is 19.4. The highest BCUT2D eigenvalue weighted by Crippen LogP contribution is 2.23. The minimum absolute atomic E-state index is 0.0399. The molecular weight excluding hydrogens is 681 g/mol. The maximum atomic E-state index is 13.4. The number of ketones is 2. The van der Waals surface area contributed by atoms with E-state index in [-0.39, 0.29) is 35.7 Å². The molecule has 3 N–H and O–H groups in total. The van der Waals surface area contributed by atoms with Crippen LogP contribution >= 0.6 is 0 Å². The van der Waals surface area contributed by atoms with Gasteiger partial charge in [0, 0.05) is 22.3 Å². The summed E-state index contributed by atoms with van der Waals surface area (Å²) in [6.45, 7) is 10.8. The van der Waals surface area contributed by atoms with Crippen LogP contribution in [0.1, 0.15) is 84.9 Å². The number of alkyl halides is 3. The molecule has 3 aromatic carbocycles. The lowest BCUT2D eigenvalue weighted by Gasteiger charge is -2.16. The third-order valence-corrected chi connectivity index (χ3v) is 7.95. The molecule has 0 atom stereocenters. The minimum Gasteiger partial charge on any atom is -0.406 e. The fourth-order valence-electron chi connectivity index (χ4n) is 5.87. The quantitative estimate of drug-likeness (QED) is 0.173. The summed E-state index contributed by atoms with van der Waals surface area (Å²) in [7, 11) is 0. The highest BCUT2D eigenvalue weighted by molar-refractivity contribution is 6.09. The largest absolute Gasteiger partial charge is 0.573 e. The van der Waals surface area contributed by atoms with Gasteiger partial charge in [-0.15, -0.1) is 13.2 Å². The van der Waals surface area contributed by atoms with Gasteiger partial charge in [0.15, 0.2) is 0 Å². The van der Waals surface area contributed by atoms with Crippen LogP contribution in [0.3, 0.4) is 0 Å². The van der Waals surface area contributed by atoms with Crippen LogP contribution < -0.4 is 27.2 Å². The number of nitrogens with one attached hydrogen (secondary N) is 3. The second-order valence-corrected chi connectivity index (χ2v) is 12.2. The van der Waals surface area contributed by atoms with Crippen LogP contribution in [0.15, 0.2) is 79.8 Å². The Morgan fingerprint density at radius 1 is 0.673 bits per heavy atom. The molecule has 0 saturated heterocycles. The van der Waals surface area contributed by atoms with Crippen molar-refractivity contribution >= 4 is 11.6 Å². The third-order valence-electron chi connectivity index (χ3n) is 7.95. The molecule has 11 nitrogen and oxygen atoms in total. The van der Waals surface area contributed by atoms with Crippen LogP contribution in [0.5, 0.6) is 5.75 Å². The Hall–Kier alpha value is -6.05. The average molecular weight is 719 g/mol. The lowest BCUT2D eigenvalue weighted by molar-refractivity contribution is -0.274. The fraction of sp³-hybridized carbons (Fsp3) is 0.263. The van der Waals surface area contributed by atoms with Gasteiger partial charge < -0.3 is 9.72 Å². The van der Waals surface area contributed by atoms with Crippen molar-refractivity contribution in [3.05, 3.63) is 164 Å². The first-order valence-electron chi connectivity index (χ1n) is 16.2. The number of aryl methyl sites for hydroxylation is 4. The van der Waals surface area contributed by atoms with Crippen LogP contribution in [-0.2, 0) is 19.4 Å². The first-order chi connectivity index (χ1) is 24.4. The van der Waals surface area contributed by atoms with E-state index in [1.165, 1.54) is 12.1 Å². The smallest absolute Gasteiger partial charge is 0.406 e. The van der Waals surface area contributed by atoms with Crippen LogP contribution in [0.25, 0.3) is 0 Å². The summed E-state index contributed by atoms with van der Waals surface area (Å²) in [6.07, 6.45) is -4.24. The van der Waals surface area contributed by atoms with Crippen molar-refractivity contribution in [2.24, 2.45) is 0 Å². The van der Waals surface area contributed by atoms with Crippen LogP contribution in [0, 0.1) is 27.7 Å². The van der Waals surface area contributed by atoms with E-state index in [1.54, 1.807) is 38.1 Å². The van der Waals surface area contributed by atoms with Crippen molar-refractivity contribution in [2.75, 3.05) is 0 Å². The van der Waals surface area contributed by atoms with Gasteiger partial charge in [0.25, 0.3) is 11.1 Å². The molecule has 0 radical (unpaired) electrons. The summed E-state index contributed by atoms with van der Waals surface area (Å²) in [5, 5.41) is 0. The Balaban J connectivity index is 0.000000259. The Kier molecular flexibility index (Phi) is 11.8. The van der Waals surface area contributed by atoms with E-state index in [0.717, 1.165) is 39.0 Å². The van der Waals surface area contributed by atoms with Crippen molar-refractivity contribution < 1.29 is 27.5 Å². The molecule has 2 aromatic heterocycles. The van der Waals surface area contributed by atoms with Crippen molar-refractivity contribution in [3.63, 3.8) is 0 Å². The zero-order chi connectivity index (χ0) is 38.5. The summed E-state index contributed by atoms with van der Waals surface area (Å²) in [5.74, 6) is -1.22. The minimum atomic E-state index is -4.82. The van der Waals surface area contributed by atoms with E-state index in [2.05, 4.69) is 19.7 Å². The standard InChI is InChI=1S/C23H21F3N2O4.C15H16N2O3/c1-4-18-19(20(29)16-10-13(2)9-14(3)11-16)28(22(31)27-21(18)30)12-15-5-7-17(8-6-15)32-23(24,25)26;1-4-11-12(16-15(20)17-14(11)19)13(18)10-6-8(2)5-9(3)7-10/h5-11H,4,12H2,1-3H3,(H,27,30,31);5-7H,4H2,1-3H3,(H2,16,17,19,20). The Morgan fingerprint density at radius 2 is 1.15 bits per heavy atom. The number of hydrogen-bond donors (Lipinski definition) is 3. The normalized spacial score (nSPS) is 11.1. The Bertz CT molecular complexity index is 2340. The maximum absolute atomic E-state index is 13.4. The van der Waals surface area contributed by atoms with E-state index in [4.69, 9.17) is 0 Å². The zero-order valence-electron chi connectivity index (χ0n) is 29.3. The molecule has 0 spiro atoms. The third kappa shape index (κ3) is 9.38. The SMILES string of the molecule is CCc1c(C(=O)c2cc(C)cc(C)c2)[nH]c(=O)[nH]c1=O.CCc1c(C(=O)c2cc(C)cc(C)c2)n(Cc2ccc(OC(F)(F)F)cc2)c(=O)[nH]c1=O. The van der Waals surface area contributed by atoms with Gasteiger partial charge in [-0.2, -0.15) is 0 Å². The van der Waals surface area contributed by atoms with Gasteiger partial charge in [-0.1, -0.05) is 60.4 Å². The van der Waals surface area contributed by atoms with Crippen molar-refractivity contribution in [2.45, 2.75) is 67.3 Å². The van der Waals surface area contributed by atoms with E-state index in [1.807, 2.05) is 39.8 Å².